The molecule has 0 radical (unpaired) electrons. The van der Waals surface area contributed by atoms with Crippen LogP contribution >= 0.6 is 0 Å². The second-order valence-electron chi connectivity index (χ2n) is 8.21. The molecule has 1 aliphatic heterocycles. The zero-order valence-electron chi connectivity index (χ0n) is 17.0. The van der Waals surface area contributed by atoms with Crippen molar-refractivity contribution in [2.24, 2.45) is 5.92 Å². The fourth-order valence-corrected chi connectivity index (χ4v) is 4.73. The van der Waals surface area contributed by atoms with Crippen LogP contribution in [0.5, 0.6) is 11.5 Å². The predicted octanol–water partition coefficient (Wildman–Crippen LogP) is 3.41. The molecule has 2 atom stereocenters. The van der Waals surface area contributed by atoms with Crippen molar-refractivity contribution in [3.05, 3.63) is 23.8 Å². The standard InChI is InChI=1S/C22H34N2O3/c1-16-13-17(9-12-23-16)21(25)24-15-22(10-5-4-6-11-22)18-7-8-19(26-2)20(14-18)27-3/h7-8,14,16-17,23H,4-6,9-13,15H2,1-3H3,(H,24,25)/t16-,17-/m0/s1. The van der Waals surface area contributed by atoms with Gasteiger partial charge in [-0.25, -0.2) is 0 Å². The molecule has 2 N–H and O–H groups in total. The van der Waals surface area contributed by atoms with Crippen LogP contribution in [0, 0.1) is 5.92 Å². The molecule has 5 heteroatoms. The average Bonchev–Trinajstić information content (AvgIpc) is 2.72. The Morgan fingerprint density at radius 3 is 2.59 bits per heavy atom. The van der Waals surface area contributed by atoms with E-state index in [9.17, 15) is 4.79 Å². The molecule has 1 aromatic carbocycles. The van der Waals surface area contributed by atoms with Crippen LogP contribution in [0.2, 0.25) is 0 Å². The van der Waals surface area contributed by atoms with Crippen LogP contribution in [0.4, 0.5) is 0 Å². The van der Waals surface area contributed by atoms with Gasteiger partial charge in [-0.15, -0.1) is 0 Å². The molecule has 27 heavy (non-hydrogen) atoms. The van der Waals surface area contributed by atoms with E-state index in [0.29, 0.717) is 12.6 Å². The van der Waals surface area contributed by atoms with Crippen LogP contribution in [-0.4, -0.2) is 39.3 Å². The van der Waals surface area contributed by atoms with E-state index in [1.807, 2.05) is 6.07 Å². The number of carbonyl (C=O) groups excluding carboxylic acids is 1. The molecule has 2 fully saturated rings. The summed E-state index contributed by atoms with van der Waals surface area (Å²) in [4.78, 5) is 12.8. The van der Waals surface area contributed by atoms with Crippen LogP contribution in [0.25, 0.3) is 0 Å². The quantitative estimate of drug-likeness (QED) is 0.801. The van der Waals surface area contributed by atoms with E-state index in [2.05, 4.69) is 29.7 Å². The number of carbonyl (C=O) groups is 1. The summed E-state index contributed by atoms with van der Waals surface area (Å²) in [6.07, 6.45) is 7.74. The van der Waals surface area contributed by atoms with E-state index in [1.54, 1.807) is 14.2 Å². The van der Waals surface area contributed by atoms with Crippen LogP contribution in [0.1, 0.15) is 57.4 Å². The summed E-state index contributed by atoms with van der Waals surface area (Å²) in [5, 5.41) is 6.73. The molecular weight excluding hydrogens is 340 g/mol. The zero-order chi connectivity index (χ0) is 19.3. The first-order chi connectivity index (χ1) is 13.1. The van der Waals surface area contributed by atoms with E-state index in [4.69, 9.17) is 9.47 Å². The first-order valence-corrected chi connectivity index (χ1v) is 10.3. The SMILES string of the molecule is COc1ccc(C2(CNC(=O)[C@H]3CCN[C@@H](C)C3)CCCCC2)cc1OC. The Labute approximate surface area is 163 Å². The van der Waals surface area contributed by atoms with E-state index in [1.165, 1.54) is 24.8 Å². The molecule has 2 aliphatic rings. The Hall–Kier alpha value is -1.75. The van der Waals surface area contributed by atoms with Gasteiger partial charge in [-0.05, 0) is 56.8 Å². The summed E-state index contributed by atoms with van der Waals surface area (Å²) in [7, 11) is 3.34. The lowest BCUT2D eigenvalue weighted by atomic mass is 9.69. The maximum absolute atomic E-state index is 12.8. The number of methoxy groups -OCH3 is 2. The second kappa shape index (κ2) is 8.96. The summed E-state index contributed by atoms with van der Waals surface area (Å²) in [6.45, 7) is 3.80. The van der Waals surface area contributed by atoms with Crippen LogP contribution in [0.3, 0.4) is 0 Å². The molecule has 1 amide bonds. The van der Waals surface area contributed by atoms with Gasteiger partial charge in [0.2, 0.25) is 5.91 Å². The van der Waals surface area contributed by atoms with Crippen molar-refractivity contribution in [3.8, 4) is 11.5 Å². The molecule has 0 spiro atoms. The number of piperidine rings is 1. The highest BCUT2D eigenvalue weighted by Crippen LogP contribution is 2.42. The van der Waals surface area contributed by atoms with E-state index >= 15 is 0 Å². The summed E-state index contributed by atoms with van der Waals surface area (Å²) in [6, 6.07) is 6.65. The molecule has 1 saturated carbocycles. The van der Waals surface area contributed by atoms with Gasteiger partial charge in [0.1, 0.15) is 0 Å². The van der Waals surface area contributed by atoms with Crippen molar-refractivity contribution in [1.82, 2.24) is 10.6 Å². The molecule has 0 bridgehead atoms. The Morgan fingerprint density at radius 1 is 1.19 bits per heavy atom. The monoisotopic (exact) mass is 374 g/mol. The molecular formula is C22H34N2O3. The molecule has 1 aromatic rings. The lowest BCUT2D eigenvalue weighted by molar-refractivity contribution is -0.126. The van der Waals surface area contributed by atoms with Gasteiger partial charge in [0.25, 0.3) is 0 Å². The van der Waals surface area contributed by atoms with Crippen molar-refractivity contribution in [3.63, 3.8) is 0 Å². The van der Waals surface area contributed by atoms with Crippen molar-refractivity contribution in [2.75, 3.05) is 27.3 Å². The van der Waals surface area contributed by atoms with Crippen molar-refractivity contribution >= 4 is 5.91 Å². The maximum atomic E-state index is 12.8. The average molecular weight is 375 g/mol. The largest absolute Gasteiger partial charge is 0.493 e. The van der Waals surface area contributed by atoms with E-state index in [0.717, 1.165) is 43.7 Å². The van der Waals surface area contributed by atoms with Gasteiger partial charge < -0.3 is 20.1 Å². The molecule has 1 saturated heterocycles. The minimum Gasteiger partial charge on any atom is -0.493 e. The Morgan fingerprint density at radius 2 is 1.93 bits per heavy atom. The second-order valence-corrected chi connectivity index (χ2v) is 8.21. The van der Waals surface area contributed by atoms with Gasteiger partial charge in [0.15, 0.2) is 11.5 Å². The topological polar surface area (TPSA) is 59.6 Å². The lowest BCUT2D eigenvalue weighted by Gasteiger charge is -2.39. The predicted molar refractivity (Wildman–Crippen MR) is 108 cm³/mol. The Balaban J connectivity index is 1.76. The van der Waals surface area contributed by atoms with E-state index < -0.39 is 0 Å². The number of ether oxygens (including phenoxy) is 2. The third kappa shape index (κ3) is 4.57. The summed E-state index contributed by atoms with van der Waals surface area (Å²) in [5.41, 5.74) is 1.24. The van der Waals surface area contributed by atoms with Gasteiger partial charge >= 0.3 is 0 Å². The molecule has 1 heterocycles. The number of benzene rings is 1. The molecule has 3 rings (SSSR count). The smallest absolute Gasteiger partial charge is 0.223 e. The van der Waals surface area contributed by atoms with Crippen molar-refractivity contribution in [1.29, 1.82) is 0 Å². The van der Waals surface area contributed by atoms with Crippen molar-refractivity contribution in [2.45, 2.75) is 63.3 Å². The Bertz CT molecular complexity index is 640. The van der Waals surface area contributed by atoms with E-state index in [-0.39, 0.29) is 17.2 Å². The number of hydrogen-bond acceptors (Lipinski definition) is 4. The minimum absolute atomic E-state index is 0.00794. The fraction of sp³-hybridized carbons (Fsp3) is 0.682. The number of amides is 1. The van der Waals surface area contributed by atoms with Crippen LogP contribution in [0.15, 0.2) is 18.2 Å². The van der Waals surface area contributed by atoms with Gasteiger partial charge in [-0.3, -0.25) is 4.79 Å². The highest BCUT2D eigenvalue weighted by Gasteiger charge is 2.36. The first kappa shape index (κ1) is 20.0. The molecule has 5 nitrogen and oxygen atoms in total. The summed E-state index contributed by atoms with van der Waals surface area (Å²) >= 11 is 0. The third-order valence-electron chi connectivity index (χ3n) is 6.40. The summed E-state index contributed by atoms with van der Waals surface area (Å²) in [5.74, 6) is 1.86. The highest BCUT2D eigenvalue weighted by molar-refractivity contribution is 5.79. The third-order valence-corrected chi connectivity index (χ3v) is 6.40. The molecule has 0 aromatic heterocycles. The van der Waals surface area contributed by atoms with Gasteiger partial charge in [0, 0.05) is 23.9 Å². The molecule has 150 valence electrons. The first-order valence-electron chi connectivity index (χ1n) is 10.3. The number of nitrogens with one attached hydrogen (secondary N) is 2. The summed E-state index contributed by atoms with van der Waals surface area (Å²) < 4.78 is 10.9. The Kier molecular flexibility index (Phi) is 6.64. The van der Waals surface area contributed by atoms with Crippen molar-refractivity contribution < 1.29 is 14.3 Å². The maximum Gasteiger partial charge on any atom is 0.223 e. The zero-order valence-corrected chi connectivity index (χ0v) is 17.0. The fourth-order valence-electron chi connectivity index (χ4n) is 4.73. The van der Waals surface area contributed by atoms with Gasteiger partial charge in [0.05, 0.1) is 14.2 Å². The van der Waals surface area contributed by atoms with Gasteiger partial charge in [-0.1, -0.05) is 25.3 Å². The highest BCUT2D eigenvalue weighted by atomic mass is 16.5. The lowest BCUT2D eigenvalue weighted by Crippen LogP contribution is -2.47. The number of hydrogen-bond donors (Lipinski definition) is 2. The molecule has 0 unspecified atom stereocenters. The normalized spacial score (nSPS) is 24.9. The van der Waals surface area contributed by atoms with Crippen LogP contribution in [-0.2, 0) is 10.2 Å². The molecule has 1 aliphatic carbocycles. The minimum atomic E-state index is -0.00794. The number of rotatable bonds is 6. The van der Waals surface area contributed by atoms with Gasteiger partial charge in [-0.2, -0.15) is 0 Å². The van der Waals surface area contributed by atoms with Crippen LogP contribution < -0.4 is 20.1 Å².